The lowest BCUT2D eigenvalue weighted by atomic mass is 9.98. The van der Waals surface area contributed by atoms with Crippen molar-refractivity contribution < 1.29 is 4.79 Å². The molecule has 1 aliphatic carbocycles. The molecule has 1 rings (SSSR count). The smallest absolute Gasteiger partial charge is 0.223 e. The molecule has 1 saturated carbocycles. The Morgan fingerprint density at radius 2 is 1.94 bits per heavy atom. The largest absolute Gasteiger partial charge is 0.353 e. The first-order chi connectivity index (χ1) is 8.27. The van der Waals surface area contributed by atoms with Gasteiger partial charge < -0.3 is 11.1 Å². The van der Waals surface area contributed by atoms with Crippen molar-refractivity contribution in [1.29, 1.82) is 0 Å². The molecule has 1 unspecified atom stereocenters. The lowest BCUT2D eigenvalue weighted by molar-refractivity contribution is -0.126. The number of hydrogen-bond donors (Lipinski definition) is 2. The molecule has 3 heteroatoms. The molecule has 0 saturated heterocycles. The monoisotopic (exact) mass is 240 g/mol. The Morgan fingerprint density at radius 1 is 1.29 bits per heavy atom. The van der Waals surface area contributed by atoms with E-state index in [1.807, 2.05) is 0 Å². The number of nitrogens with one attached hydrogen (secondary N) is 1. The van der Waals surface area contributed by atoms with E-state index in [-0.39, 0.29) is 11.8 Å². The summed E-state index contributed by atoms with van der Waals surface area (Å²) in [5.41, 5.74) is 5.50. The zero-order valence-electron chi connectivity index (χ0n) is 11.2. The Kier molecular flexibility index (Phi) is 7.25. The first kappa shape index (κ1) is 14.5. The highest BCUT2D eigenvalue weighted by Crippen LogP contribution is 2.18. The second-order valence-corrected chi connectivity index (χ2v) is 5.23. The van der Waals surface area contributed by atoms with Gasteiger partial charge in [0.25, 0.3) is 0 Å². The molecule has 1 amide bonds. The van der Waals surface area contributed by atoms with Crippen LogP contribution in [0.4, 0.5) is 0 Å². The zero-order valence-corrected chi connectivity index (χ0v) is 11.2. The van der Waals surface area contributed by atoms with Gasteiger partial charge in [0.15, 0.2) is 0 Å². The second kappa shape index (κ2) is 8.51. The highest BCUT2D eigenvalue weighted by atomic mass is 16.1. The molecule has 0 aliphatic heterocycles. The molecule has 0 spiro atoms. The fourth-order valence-corrected chi connectivity index (χ4v) is 2.63. The van der Waals surface area contributed by atoms with Crippen molar-refractivity contribution in [3.63, 3.8) is 0 Å². The van der Waals surface area contributed by atoms with Gasteiger partial charge in [0.2, 0.25) is 5.91 Å². The summed E-state index contributed by atoms with van der Waals surface area (Å²) >= 11 is 0. The molecule has 1 aliphatic rings. The summed E-state index contributed by atoms with van der Waals surface area (Å²) in [7, 11) is 0. The summed E-state index contributed by atoms with van der Waals surface area (Å²) in [4.78, 5) is 12.1. The van der Waals surface area contributed by atoms with Crippen LogP contribution in [0.5, 0.6) is 0 Å². The van der Waals surface area contributed by atoms with Gasteiger partial charge in [-0.1, -0.05) is 32.6 Å². The maximum absolute atomic E-state index is 12.1. The molecular formula is C14H28N2O. The van der Waals surface area contributed by atoms with Crippen molar-refractivity contribution in [1.82, 2.24) is 5.32 Å². The van der Waals surface area contributed by atoms with Gasteiger partial charge >= 0.3 is 0 Å². The average Bonchev–Trinajstić information content (AvgIpc) is 2.58. The van der Waals surface area contributed by atoms with E-state index < -0.39 is 0 Å². The molecule has 0 aromatic heterocycles. The molecular weight excluding hydrogens is 212 g/mol. The van der Waals surface area contributed by atoms with Gasteiger partial charge in [0.1, 0.15) is 0 Å². The lowest BCUT2D eigenvalue weighted by Crippen LogP contribution is -2.38. The van der Waals surface area contributed by atoms with Crippen molar-refractivity contribution >= 4 is 5.91 Å². The number of hydrogen-bond acceptors (Lipinski definition) is 2. The van der Waals surface area contributed by atoms with Crippen molar-refractivity contribution in [2.75, 3.05) is 6.54 Å². The quantitative estimate of drug-likeness (QED) is 0.701. The molecule has 3 nitrogen and oxygen atoms in total. The third-order valence-corrected chi connectivity index (χ3v) is 3.82. The van der Waals surface area contributed by atoms with Crippen LogP contribution in [0.15, 0.2) is 0 Å². The number of amides is 1. The Morgan fingerprint density at radius 3 is 2.47 bits per heavy atom. The van der Waals surface area contributed by atoms with E-state index in [1.165, 1.54) is 38.5 Å². The molecule has 0 heterocycles. The minimum atomic E-state index is 0.168. The van der Waals surface area contributed by atoms with E-state index in [1.54, 1.807) is 0 Å². The first-order valence-corrected chi connectivity index (χ1v) is 7.28. The second-order valence-electron chi connectivity index (χ2n) is 5.23. The van der Waals surface area contributed by atoms with E-state index in [0.717, 1.165) is 19.3 Å². The highest BCUT2D eigenvalue weighted by Gasteiger charge is 2.20. The molecule has 1 atom stereocenters. The summed E-state index contributed by atoms with van der Waals surface area (Å²) in [5.74, 6) is 0.426. The van der Waals surface area contributed by atoms with E-state index in [4.69, 9.17) is 5.73 Å². The van der Waals surface area contributed by atoms with E-state index >= 15 is 0 Å². The fourth-order valence-electron chi connectivity index (χ4n) is 2.63. The fraction of sp³-hybridized carbons (Fsp3) is 0.929. The molecule has 3 N–H and O–H groups in total. The molecule has 100 valence electrons. The molecule has 0 aromatic rings. The Bertz CT molecular complexity index is 210. The van der Waals surface area contributed by atoms with Crippen LogP contribution in [0.2, 0.25) is 0 Å². The van der Waals surface area contributed by atoms with Gasteiger partial charge in [-0.25, -0.2) is 0 Å². The SMILES string of the molecule is CCC(CCCN)C(=O)NC1CCCCCC1. The van der Waals surface area contributed by atoms with E-state index in [9.17, 15) is 4.79 Å². The molecule has 0 radical (unpaired) electrons. The number of carbonyl (C=O) groups is 1. The minimum Gasteiger partial charge on any atom is -0.353 e. The van der Waals surface area contributed by atoms with Gasteiger partial charge in [-0.2, -0.15) is 0 Å². The Labute approximate surface area is 106 Å². The Hall–Kier alpha value is -0.570. The van der Waals surface area contributed by atoms with E-state index in [2.05, 4.69) is 12.2 Å². The van der Waals surface area contributed by atoms with Crippen LogP contribution in [0, 0.1) is 5.92 Å². The minimum absolute atomic E-state index is 0.168. The maximum atomic E-state index is 12.1. The van der Waals surface area contributed by atoms with Crippen LogP contribution < -0.4 is 11.1 Å². The van der Waals surface area contributed by atoms with Crippen LogP contribution in [0.1, 0.15) is 64.7 Å². The third kappa shape index (κ3) is 5.53. The summed E-state index contributed by atoms with van der Waals surface area (Å²) in [6.45, 7) is 2.78. The summed E-state index contributed by atoms with van der Waals surface area (Å²) in [6, 6.07) is 0.428. The van der Waals surface area contributed by atoms with Gasteiger partial charge in [-0.05, 0) is 38.6 Å². The standard InChI is InChI=1S/C14H28N2O/c1-2-12(8-7-11-15)14(17)16-13-9-5-3-4-6-10-13/h12-13H,2-11,15H2,1H3,(H,16,17). The first-order valence-electron chi connectivity index (χ1n) is 7.28. The Balaban J connectivity index is 2.33. The van der Waals surface area contributed by atoms with Crippen molar-refractivity contribution in [3.8, 4) is 0 Å². The van der Waals surface area contributed by atoms with Crippen LogP contribution >= 0.6 is 0 Å². The molecule has 0 aromatic carbocycles. The summed E-state index contributed by atoms with van der Waals surface area (Å²) < 4.78 is 0. The summed E-state index contributed by atoms with van der Waals surface area (Å²) in [6.07, 6.45) is 10.3. The summed E-state index contributed by atoms with van der Waals surface area (Å²) in [5, 5.41) is 3.24. The van der Waals surface area contributed by atoms with Gasteiger partial charge in [0.05, 0.1) is 0 Å². The predicted octanol–water partition coefficient (Wildman–Crippen LogP) is 2.59. The van der Waals surface area contributed by atoms with Crippen LogP contribution in [-0.4, -0.2) is 18.5 Å². The highest BCUT2D eigenvalue weighted by molar-refractivity contribution is 5.78. The van der Waals surface area contributed by atoms with Crippen LogP contribution in [0.25, 0.3) is 0 Å². The lowest BCUT2D eigenvalue weighted by Gasteiger charge is -2.20. The van der Waals surface area contributed by atoms with Gasteiger partial charge in [-0.15, -0.1) is 0 Å². The van der Waals surface area contributed by atoms with Gasteiger partial charge in [0, 0.05) is 12.0 Å². The number of rotatable bonds is 6. The predicted molar refractivity (Wildman–Crippen MR) is 71.7 cm³/mol. The van der Waals surface area contributed by atoms with Crippen molar-refractivity contribution in [2.24, 2.45) is 11.7 Å². The van der Waals surface area contributed by atoms with E-state index in [0.29, 0.717) is 12.6 Å². The topological polar surface area (TPSA) is 55.1 Å². The third-order valence-electron chi connectivity index (χ3n) is 3.82. The van der Waals surface area contributed by atoms with Crippen molar-refractivity contribution in [3.05, 3.63) is 0 Å². The van der Waals surface area contributed by atoms with Crippen LogP contribution in [0.3, 0.4) is 0 Å². The molecule has 1 fully saturated rings. The maximum Gasteiger partial charge on any atom is 0.223 e. The van der Waals surface area contributed by atoms with Gasteiger partial charge in [-0.3, -0.25) is 4.79 Å². The number of nitrogens with two attached hydrogens (primary N) is 1. The number of carbonyl (C=O) groups excluding carboxylic acids is 1. The zero-order chi connectivity index (χ0) is 12.5. The van der Waals surface area contributed by atoms with Crippen LogP contribution in [-0.2, 0) is 4.79 Å². The normalized spacial score (nSPS) is 19.6. The molecule has 0 bridgehead atoms. The van der Waals surface area contributed by atoms with Crippen molar-refractivity contribution in [2.45, 2.75) is 70.8 Å². The molecule has 17 heavy (non-hydrogen) atoms. The average molecular weight is 240 g/mol.